The van der Waals surface area contributed by atoms with Gasteiger partial charge in [0, 0.05) is 18.5 Å². The molecule has 3 aromatic rings. The summed E-state index contributed by atoms with van der Waals surface area (Å²) in [6.07, 6.45) is 4.55. The Labute approximate surface area is 123 Å². The maximum absolute atomic E-state index is 13.4. The molecule has 0 aliphatic carbocycles. The fourth-order valence-electron chi connectivity index (χ4n) is 2.04. The van der Waals surface area contributed by atoms with Crippen LogP contribution in [0.15, 0.2) is 48.9 Å². The van der Waals surface area contributed by atoms with Crippen molar-refractivity contribution >= 4 is 17.6 Å². The predicted octanol–water partition coefficient (Wildman–Crippen LogP) is 3.15. The summed E-state index contributed by atoms with van der Waals surface area (Å²) in [5.41, 5.74) is 0.263. The van der Waals surface area contributed by atoms with E-state index in [1.807, 2.05) is 0 Å². The van der Waals surface area contributed by atoms with Gasteiger partial charge in [-0.3, -0.25) is 0 Å². The van der Waals surface area contributed by atoms with Gasteiger partial charge in [0.25, 0.3) is 0 Å². The summed E-state index contributed by atoms with van der Waals surface area (Å²) >= 11 is 6.07. The minimum absolute atomic E-state index is 0.00784. The van der Waals surface area contributed by atoms with E-state index in [1.165, 1.54) is 29.1 Å². The van der Waals surface area contributed by atoms with Crippen molar-refractivity contribution in [3.05, 3.63) is 65.3 Å². The number of hydrogen-bond donors (Lipinski definition) is 1. The molecule has 7 heteroatoms. The fraction of sp³-hybridized carbons (Fsp3) is 0. The topological polar surface area (TPSA) is 60.0 Å². The van der Waals surface area contributed by atoms with Gasteiger partial charge in [-0.25, -0.2) is 13.9 Å². The van der Waals surface area contributed by atoms with Gasteiger partial charge in [-0.15, -0.1) is 0 Å². The number of benzene rings is 1. The fourth-order valence-corrected chi connectivity index (χ4v) is 2.24. The molecule has 21 heavy (non-hydrogen) atoms. The Balaban J connectivity index is 2.29. The summed E-state index contributed by atoms with van der Waals surface area (Å²) < 4.78 is 16.3. The van der Waals surface area contributed by atoms with Gasteiger partial charge in [0.15, 0.2) is 5.82 Å². The third-order valence-corrected chi connectivity index (χ3v) is 3.28. The summed E-state index contributed by atoms with van der Waals surface area (Å²) in [7, 11) is 0. The highest BCUT2D eigenvalue weighted by atomic mass is 35.5. The molecule has 2 heterocycles. The van der Waals surface area contributed by atoms with Gasteiger partial charge in [-0.1, -0.05) is 11.6 Å². The number of nitrogens with zero attached hydrogens (tertiary/aromatic N) is 3. The first-order valence-electron chi connectivity index (χ1n) is 5.98. The number of rotatable bonds is 3. The summed E-state index contributed by atoms with van der Waals surface area (Å²) in [4.78, 5) is 11.3. The molecule has 0 amide bonds. The zero-order chi connectivity index (χ0) is 15.0. The second-order valence-corrected chi connectivity index (χ2v) is 4.69. The first kappa shape index (κ1) is 13.4. The van der Waals surface area contributed by atoms with E-state index in [2.05, 4.69) is 5.10 Å². The molecule has 0 saturated carbocycles. The molecule has 0 atom stereocenters. The number of carboxylic acids is 1. The van der Waals surface area contributed by atoms with Gasteiger partial charge in [0.1, 0.15) is 11.4 Å². The number of aromatic carboxylic acids is 1. The van der Waals surface area contributed by atoms with E-state index in [9.17, 15) is 14.3 Å². The first-order valence-corrected chi connectivity index (χ1v) is 6.36. The van der Waals surface area contributed by atoms with E-state index < -0.39 is 11.8 Å². The van der Waals surface area contributed by atoms with Gasteiger partial charge < -0.3 is 9.67 Å². The molecule has 5 nitrogen and oxygen atoms in total. The second-order valence-electron chi connectivity index (χ2n) is 4.28. The van der Waals surface area contributed by atoms with Crippen LogP contribution in [-0.2, 0) is 0 Å². The quantitative estimate of drug-likeness (QED) is 0.808. The van der Waals surface area contributed by atoms with Crippen LogP contribution in [0.25, 0.3) is 11.5 Å². The molecular formula is C14H9ClFN3O2. The minimum atomic E-state index is -1.13. The van der Waals surface area contributed by atoms with Crippen molar-refractivity contribution in [3.63, 3.8) is 0 Å². The highest BCUT2D eigenvalue weighted by Gasteiger charge is 2.20. The lowest BCUT2D eigenvalue weighted by molar-refractivity contribution is 0.0697. The normalized spacial score (nSPS) is 10.8. The van der Waals surface area contributed by atoms with E-state index >= 15 is 0 Å². The predicted molar refractivity (Wildman–Crippen MR) is 74.8 cm³/mol. The van der Waals surface area contributed by atoms with Gasteiger partial charge in [0.05, 0.1) is 16.9 Å². The summed E-state index contributed by atoms with van der Waals surface area (Å²) in [6, 6.07) is 7.32. The lowest BCUT2D eigenvalue weighted by Gasteiger charge is -2.11. The molecule has 0 aliphatic heterocycles. The maximum Gasteiger partial charge on any atom is 0.341 e. The van der Waals surface area contributed by atoms with Crippen LogP contribution in [0.4, 0.5) is 4.39 Å². The molecule has 106 valence electrons. The molecule has 0 unspecified atom stereocenters. The van der Waals surface area contributed by atoms with E-state index in [1.54, 1.807) is 29.1 Å². The Hall–Kier alpha value is -2.60. The molecule has 1 N–H and O–H groups in total. The van der Waals surface area contributed by atoms with E-state index in [0.29, 0.717) is 0 Å². The Kier molecular flexibility index (Phi) is 3.23. The van der Waals surface area contributed by atoms with E-state index in [0.717, 1.165) is 0 Å². The molecule has 0 saturated heterocycles. The standard InChI is InChI=1S/C14H9ClFN3O2/c15-11-4-3-9(16)7-12(11)19-13(18-5-1-2-6-18)10(8-17-19)14(20)21/h1-8H,(H,20,21). The highest BCUT2D eigenvalue weighted by Crippen LogP contribution is 2.26. The number of carbonyl (C=O) groups is 1. The molecule has 1 aromatic carbocycles. The van der Waals surface area contributed by atoms with Gasteiger partial charge in [-0.05, 0) is 24.3 Å². The SMILES string of the molecule is O=C(O)c1cnn(-c2cc(F)ccc2Cl)c1-n1cccc1. The zero-order valence-electron chi connectivity index (χ0n) is 10.6. The minimum Gasteiger partial charge on any atom is -0.477 e. The van der Waals surface area contributed by atoms with Crippen LogP contribution in [0.1, 0.15) is 10.4 Å². The van der Waals surface area contributed by atoms with Gasteiger partial charge in [0.2, 0.25) is 0 Å². The Morgan fingerprint density at radius 1 is 1.29 bits per heavy atom. The summed E-state index contributed by atoms with van der Waals surface area (Å²) in [6.45, 7) is 0. The summed E-state index contributed by atoms with van der Waals surface area (Å²) in [5, 5.41) is 13.6. The highest BCUT2D eigenvalue weighted by molar-refractivity contribution is 6.32. The van der Waals surface area contributed by atoms with Gasteiger partial charge >= 0.3 is 5.97 Å². The van der Waals surface area contributed by atoms with Crippen LogP contribution in [0.2, 0.25) is 5.02 Å². The van der Waals surface area contributed by atoms with Crippen molar-refractivity contribution < 1.29 is 14.3 Å². The molecule has 0 radical (unpaired) electrons. The monoisotopic (exact) mass is 305 g/mol. The van der Waals surface area contributed by atoms with Crippen LogP contribution in [0, 0.1) is 5.82 Å². The number of halogens is 2. The zero-order valence-corrected chi connectivity index (χ0v) is 11.3. The Morgan fingerprint density at radius 3 is 2.67 bits per heavy atom. The van der Waals surface area contributed by atoms with Crippen LogP contribution >= 0.6 is 11.6 Å². The maximum atomic E-state index is 13.4. The second kappa shape index (κ2) is 5.06. The van der Waals surface area contributed by atoms with Crippen molar-refractivity contribution in [3.8, 4) is 11.5 Å². The lowest BCUT2D eigenvalue weighted by atomic mass is 10.3. The molecule has 0 aliphatic rings. The lowest BCUT2D eigenvalue weighted by Crippen LogP contribution is -2.09. The molecular weight excluding hydrogens is 297 g/mol. The van der Waals surface area contributed by atoms with Crippen molar-refractivity contribution in [1.82, 2.24) is 14.3 Å². The van der Waals surface area contributed by atoms with Crippen LogP contribution in [0.3, 0.4) is 0 Å². The third kappa shape index (κ3) is 2.30. The average molecular weight is 306 g/mol. The summed E-state index contributed by atoms with van der Waals surface area (Å²) in [5.74, 6) is -1.34. The van der Waals surface area contributed by atoms with Crippen molar-refractivity contribution in [1.29, 1.82) is 0 Å². The average Bonchev–Trinajstić information content (AvgIpc) is 3.08. The van der Waals surface area contributed by atoms with Crippen molar-refractivity contribution in [2.24, 2.45) is 0 Å². The van der Waals surface area contributed by atoms with E-state index in [4.69, 9.17) is 11.6 Å². The van der Waals surface area contributed by atoms with Gasteiger partial charge in [-0.2, -0.15) is 5.10 Å². The van der Waals surface area contributed by atoms with Crippen molar-refractivity contribution in [2.45, 2.75) is 0 Å². The molecule has 3 rings (SSSR count). The molecule has 0 bridgehead atoms. The van der Waals surface area contributed by atoms with Crippen molar-refractivity contribution in [2.75, 3.05) is 0 Å². The van der Waals surface area contributed by atoms with Crippen LogP contribution in [-0.4, -0.2) is 25.4 Å². The van der Waals surface area contributed by atoms with E-state index in [-0.39, 0.29) is 22.1 Å². The van der Waals surface area contributed by atoms with Crippen LogP contribution in [0.5, 0.6) is 0 Å². The Bertz CT molecular complexity index is 812. The number of aromatic nitrogens is 3. The molecule has 2 aromatic heterocycles. The largest absolute Gasteiger partial charge is 0.477 e. The third-order valence-electron chi connectivity index (χ3n) is 2.96. The first-order chi connectivity index (χ1) is 10.1. The molecule has 0 spiro atoms. The number of hydrogen-bond acceptors (Lipinski definition) is 2. The molecule has 0 fully saturated rings. The smallest absolute Gasteiger partial charge is 0.341 e. The Morgan fingerprint density at radius 2 is 2.00 bits per heavy atom. The van der Waals surface area contributed by atoms with Crippen LogP contribution < -0.4 is 0 Å². The number of carboxylic acid groups (broad SMARTS) is 1.